The first kappa shape index (κ1) is 32.8. The fourth-order valence-electron chi connectivity index (χ4n) is 4.64. The quantitative estimate of drug-likeness (QED) is 0.115. The Morgan fingerprint density at radius 1 is 1.18 bits per heavy atom. The van der Waals surface area contributed by atoms with Gasteiger partial charge in [0, 0.05) is 18.2 Å². The minimum Gasteiger partial charge on any atom is -0.543 e. The van der Waals surface area contributed by atoms with Gasteiger partial charge in [0.25, 0.3) is 5.91 Å². The van der Waals surface area contributed by atoms with Crippen molar-refractivity contribution in [2.45, 2.75) is 30.8 Å². The number of carbonyl (C=O) groups is 6. The van der Waals surface area contributed by atoms with Crippen LogP contribution in [0.15, 0.2) is 62.0 Å². The molecule has 0 aliphatic carbocycles. The molecule has 44 heavy (non-hydrogen) atoms. The van der Waals surface area contributed by atoms with Gasteiger partial charge < -0.3 is 34.1 Å². The molecule has 2 aromatic rings. The van der Waals surface area contributed by atoms with E-state index in [1.807, 2.05) is 0 Å². The number of aliphatic carboxylic acids is 1. The number of esters is 1. The van der Waals surface area contributed by atoms with Crippen molar-refractivity contribution in [2.75, 3.05) is 25.4 Å². The van der Waals surface area contributed by atoms with Crippen LogP contribution in [0.25, 0.3) is 0 Å². The number of fused-ring (bicyclic) bond motifs is 1. The Balaban J connectivity index is 0.00000442. The zero-order chi connectivity index (χ0) is 30.7. The fourth-order valence-corrected chi connectivity index (χ4v) is 5.97. The van der Waals surface area contributed by atoms with Crippen LogP contribution in [-0.2, 0) is 23.9 Å². The van der Waals surface area contributed by atoms with E-state index in [2.05, 4.69) is 15.7 Å². The van der Waals surface area contributed by atoms with Gasteiger partial charge >= 0.3 is 47.6 Å². The summed E-state index contributed by atoms with van der Waals surface area (Å²) < 4.78 is 15.4. The SMILES string of the molecule is CC(=O)OCC1=C(C(=O)[O-])N2C(=O)C(NC(=O)CC(NC(=O)N3CCN(N=Cc4ccco4)C3=O)c3ccco3)[C@@H]2SC1.[Na+]. The van der Waals surface area contributed by atoms with Crippen molar-refractivity contribution in [1.82, 2.24) is 25.4 Å². The van der Waals surface area contributed by atoms with Crippen molar-refractivity contribution in [3.8, 4) is 0 Å². The first-order valence-electron chi connectivity index (χ1n) is 12.9. The van der Waals surface area contributed by atoms with Crippen molar-refractivity contribution in [2.24, 2.45) is 5.10 Å². The van der Waals surface area contributed by atoms with Crippen LogP contribution in [-0.4, -0.2) is 93.7 Å². The van der Waals surface area contributed by atoms with E-state index < -0.39 is 53.3 Å². The monoisotopic (exact) mass is 636 g/mol. The van der Waals surface area contributed by atoms with Gasteiger partial charge in [-0.15, -0.1) is 11.8 Å². The second kappa shape index (κ2) is 14.1. The van der Waals surface area contributed by atoms with Gasteiger partial charge in [-0.05, 0) is 24.3 Å². The van der Waals surface area contributed by atoms with Gasteiger partial charge in [-0.1, -0.05) is 0 Å². The number of urea groups is 2. The number of rotatable bonds is 10. The molecule has 0 saturated carbocycles. The summed E-state index contributed by atoms with van der Waals surface area (Å²) in [5.41, 5.74) is -0.184. The molecule has 16 nitrogen and oxygen atoms in total. The number of carbonyl (C=O) groups excluding carboxylic acids is 6. The van der Waals surface area contributed by atoms with Crippen LogP contribution >= 0.6 is 11.8 Å². The van der Waals surface area contributed by atoms with Crippen LogP contribution in [0.5, 0.6) is 0 Å². The number of ether oxygens (including phenoxy) is 1. The Kier molecular flexibility index (Phi) is 10.6. The number of carboxylic acid groups (broad SMARTS) is 1. The Morgan fingerprint density at radius 2 is 1.93 bits per heavy atom. The van der Waals surface area contributed by atoms with Crippen LogP contribution in [0, 0.1) is 0 Å². The standard InChI is InChI=1S/C26H26N6O10S.Na/c1-14(33)42-12-15-13-43-23-20(22(35)32(23)21(15)24(36)37)29-19(34)10-17(18-5-3-9-41-18)28-25(38)30-6-7-31(26(30)39)27-11-16-4-2-8-40-16;/h2-5,8-9,11,17,20,23H,6-7,10,12-13H2,1H3,(H,28,38)(H,29,34)(H,36,37);/q;+1/p-1/t17?,20?,23-;/m0./s1. The Hall–Kier alpha value is -4.06. The third kappa shape index (κ3) is 7.01. The zero-order valence-corrected chi connectivity index (χ0v) is 26.4. The Bertz CT molecular complexity index is 1490. The molecule has 0 radical (unpaired) electrons. The van der Waals surface area contributed by atoms with Crippen molar-refractivity contribution in [1.29, 1.82) is 0 Å². The van der Waals surface area contributed by atoms with E-state index in [4.69, 9.17) is 13.6 Å². The Labute approximate surface area is 276 Å². The second-order valence-corrected chi connectivity index (χ2v) is 10.6. The van der Waals surface area contributed by atoms with Gasteiger partial charge in [-0.25, -0.2) is 19.5 Å². The maximum atomic E-state index is 13.0. The fraction of sp³-hybridized carbons (Fsp3) is 0.346. The van der Waals surface area contributed by atoms with Gasteiger partial charge in [0.15, 0.2) is 0 Å². The summed E-state index contributed by atoms with van der Waals surface area (Å²) in [5, 5.41) is 21.4. The van der Waals surface area contributed by atoms with Crippen molar-refractivity contribution >= 4 is 53.8 Å². The number of amides is 6. The van der Waals surface area contributed by atoms with Crippen molar-refractivity contribution in [3.05, 3.63) is 59.6 Å². The smallest absolute Gasteiger partial charge is 0.543 e. The predicted octanol–water partition coefficient (Wildman–Crippen LogP) is -3.24. The summed E-state index contributed by atoms with van der Waals surface area (Å²) >= 11 is 1.19. The molecule has 18 heteroatoms. The number of hydrogen-bond acceptors (Lipinski definition) is 12. The van der Waals surface area contributed by atoms with Crippen molar-refractivity contribution < 1.29 is 77.0 Å². The number of nitrogens with zero attached hydrogens (tertiary/aromatic N) is 4. The van der Waals surface area contributed by atoms with Crippen LogP contribution < -0.4 is 45.3 Å². The third-order valence-electron chi connectivity index (χ3n) is 6.68. The van der Waals surface area contributed by atoms with Crippen LogP contribution in [0.2, 0.25) is 0 Å². The summed E-state index contributed by atoms with van der Waals surface area (Å²) in [7, 11) is 0. The minimum absolute atomic E-state index is 0. The molecule has 3 atom stereocenters. The average molecular weight is 637 g/mol. The molecule has 0 aromatic carbocycles. The zero-order valence-electron chi connectivity index (χ0n) is 23.6. The topological polar surface area (TPSA) is 207 Å². The summed E-state index contributed by atoms with van der Waals surface area (Å²) in [6.07, 6.45) is 3.79. The van der Waals surface area contributed by atoms with Crippen LogP contribution in [0.3, 0.4) is 0 Å². The molecule has 3 aliphatic rings. The van der Waals surface area contributed by atoms with E-state index in [1.165, 1.54) is 37.4 Å². The number of furan rings is 2. The number of thioether (sulfide) groups is 1. The molecule has 2 saturated heterocycles. The maximum Gasteiger partial charge on any atom is 1.00 e. The molecule has 226 valence electrons. The molecular formula is C26H25N6NaO10S. The second-order valence-electron chi connectivity index (χ2n) is 9.51. The van der Waals surface area contributed by atoms with Gasteiger partial charge in [0.1, 0.15) is 29.5 Å². The third-order valence-corrected chi connectivity index (χ3v) is 8.02. The normalized spacial score (nSPS) is 20.2. The molecule has 5 rings (SSSR count). The van der Waals surface area contributed by atoms with Crippen molar-refractivity contribution in [3.63, 3.8) is 0 Å². The summed E-state index contributed by atoms with van der Waals surface area (Å²) in [5.74, 6) is -2.74. The number of imide groups is 1. The first-order valence-corrected chi connectivity index (χ1v) is 14.0. The number of β-lactam (4-membered cyclic amide) rings is 1. The van der Waals surface area contributed by atoms with E-state index in [0.717, 1.165) is 14.8 Å². The first-order chi connectivity index (χ1) is 20.6. The van der Waals surface area contributed by atoms with E-state index in [1.54, 1.807) is 24.3 Å². The van der Waals surface area contributed by atoms with Gasteiger partial charge in [0.05, 0.1) is 56.0 Å². The molecule has 2 aromatic heterocycles. The number of carboxylic acids is 1. The summed E-state index contributed by atoms with van der Waals surface area (Å²) in [6, 6.07) is 2.90. The van der Waals surface area contributed by atoms with Gasteiger partial charge in [-0.2, -0.15) is 5.10 Å². The molecule has 2 fully saturated rings. The summed E-state index contributed by atoms with van der Waals surface area (Å²) in [4.78, 5) is 76.6. The van der Waals surface area contributed by atoms with E-state index >= 15 is 0 Å². The molecule has 2 unspecified atom stereocenters. The van der Waals surface area contributed by atoms with Gasteiger partial charge in [-0.3, -0.25) is 19.3 Å². The maximum absolute atomic E-state index is 13.0. The molecule has 0 spiro atoms. The number of hydrazone groups is 1. The average Bonchev–Trinajstić information content (AvgIpc) is 3.75. The summed E-state index contributed by atoms with van der Waals surface area (Å²) in [6.45, 7) is 1.04. The van der Waals surface area contributed by atoms with Crippen LogP contribution in [0.4, 0.5) is 9.59 Å². The molecule has 3 aliphatic heterocycles. The molecule has 2 N–H and O–H groups in total. The molecular weight excluding hydrogens is 611 g/mol. The van der Waals surface area contributed by atoms with E-state index in [9.17, 15) is 33.9 Å². The largest absolute Gasteiger partial charge is 1.00 e. The van der Waals surface area contributed by atoms with Crippen LogP contribution in [0.1, 0.15) is 30.9 Å². The predicted molar refractivity (Wildman–Crippen MR) is 143 cm³/mol. The number of hydrogen-bond donors (Lipinski definition) is 2. The Morgan fingerprint density at radius 3 is 2.59 bits per heavy atom. The van der Waals surface area contributed by atoms with E-state index in [0.29, 0.717) is 5.76 Å². The minimum atomic E-state index is -1.60. The van der Waals surface area contributed by atoms with Gasteiger partial charge in [0.2, 0.25) is 5.91 Å². The molecule has 0 bridgehead atoms. The molecule has 6 amide bonds. The molecule has 5 heterocycles. The number of nitrogens with one attached hydrogen (secondary N) is 2. The van der Waals surface area contributed by atoms with E-state index in [-0.39, 0.29) is 78.5 Å².